The van der Waals surface area contributed by atoms with E-state index in [1.165, 1.54) is 18.4 Å². The number of H-pyrrole nitrogens is 1. The van der Waals surface area contributed by atoms with Crippen LogP contribution in [0.3, 0.4) is 0 Å². The molecule has 7 heteroatoms. The van der Waals surface area contributed by atoms with Crippen molar-refractivity contribution in [3.8, 4) is 0 Å². The first-order valence-corrected chi connectivity index (χ1v) is 7.18. The molecule has 1 heterocycles. The molecular formula is C12H16N4O2S. The van der Waals surface area contributed by atoms with Crippen molar-refractivity contribution in [2.75, 3.05) is 19.4 Å². The van der Waals surface area contributed by atoms with Gasteiger partial charge in [0.1, 0.15) is 0 Å². The second kappa shape index (κ2) is 5.41. The second-order valence-electron chi connectivity index (χ2n) is 4.24. The maximum Gasteiger partial charge on any atom is 0.242 e. The number of imidazole rings is 1. The average molecular weight is 280 g/mol. The molecule has 0 saturated heterocycles. The monoisotopic (exact) mass is 280 g/mol. The Hall–Kier alpha value is -1.86. The highest BCUT2D eigenvalue weighted by atomic mass is 32.2. The fraction of sp³-hybridized carbons (Fsp3) is 0.250. The van der Waals surface area contributed by atoms with Gasteiger partial charge in [0.15, 0.2) is 0 Å². The Bertz CT molecular complexity index is 618. The van der Waals surface area contributed by atoms with Crippen LogP contribution in [0.2, 0.25) is 0 Å². The maximum atomic E-state index is 11.9. The van der Waals surface area contributed by atoms with E-state index in [0.717, 1.165) is 11.4 Å². The molecule has 0 amide bonds. The number of hydrogen-bond donors (Lipinski definition) is 2. The first-order chi connectivity index (χ1) is 9.00. The van der Waals surface area contributed by atoms with Crippen molar-refractivity contribution in [1.29, 1.82) is 0 Å². The molecule has 0 aliphatic rings. The number of anilines is 1. The number of nitrogens with zero attached hydrogens (tertiary/aromatic N) is 2. The molecule has 2 rings (SSSR count). The summed E-state index contributed by atoms with van der Waals surface area (Å²) in [6.45, 7) is 0.611. The third kappa shape index (κ3) is 3.12. The van der Waals surface area contributed by atoms with Crippen LogP contribution in [0.1, 0.15) is 5.69 Å². The summed E-state index contributed by atoms with van der Waals surface area (Å²) in [7, 11) is -0.335. The van der Waals surface area contributed by atoms with Gasteiger partial charge in [0.2, 0.25) is 10.0 Å². The lowest BCUT2D eigenvalue weighted by molar-refractivity contribution is 0.521. The van der Waals surface area contributed by atoms with Gasteiger partial charge in [-0.25, -0.2) is 17.7 Å². The summed E-state index contributed by atoms with van der Waals surface area (Å²) in [5.41, 5.74) is 1.82. The lowest BCUT2D eigenvalue weighted by Gasteiger charge is -2.12. The number of rotatable bonds is 5. The summed E-state index contributed by atoms with van der Waals surface area (Å²) in [6.07, 6.45) is 3.35. The SMILES string of the molecule is CN(C)S(=O)(=O)c1ccc(NCc2cnc[nH]2)cc1. The molecule has 1 aromatic heterocycles. The smallest absolute Gasteiger partial charge is 0.242 e. The minimum atomic E-state index is -3.36. The van der Waals surface area contributed by atoms with Crippen LogP contribution in [0.4, 0.5) is 5.69 Å². The zero-order chi connectivity index (χ0) is 13.9. The molecule has 0 unspecified atom stereocenters. The van der Waals surface area contributed by atoms with E-state index in [-0.39, 0.29) is 4.90 Å². The van der Waals surface area contributed by atoms with Crippen LogP contribution in [-0.4, -0.2) is 36.8 Å². The number of hydrogen-bond acceptors (Lipinski definition) is 4. The Kier molecular flexibility index (Phi) is 3.87. The highest BCUT2D eigenvalue weighted by molar-refractivity contribution is 7.89. The van der Waals surface area contributed by atoms with E-state index in [1.807, 2.05) is 0 Å². The Labute approximate surface area is 112 Å². The molecule has 0 bridgehead atoms. The quantitative estimate of drug-likeness (QED) is 0.864. The number of aromatic amines is 1. The molecule has 2 N–H and O–H groups in total. The molecule has 1 aromatic carbocycles. The average Bonchev–Trinajstić information content (AvgIpc) is 2.90. The van der Waals surface area contributed by atoms with E-state index in [9.17, 15) is 8.42 Å². The molecule has 0 aliphatic heterocycles. The van der Waals surface area contributed by atoms with Crippen LogP contribution >= 0.6 is 0 Å². The van der Waals surface area contributed by atoms with Crippen LogP contribution < -0.4 is 5.32 Å². The van der Waals surface area contributed by atoms with Crippen molar-refractivity contribution < 1.29 is 8.42 Å². The summed E-state index contributed by atoms with van der Waals surface area (Å²) >= 11 is 0. The molecule has 0 atom stereocenters. The van der Waals surface area contributed by atoms with E-state index in [1.54, 1.807) is 36.8 Å². The van der Waals surface area contributed by atoms with Crippen molar-refractivity contribution in [3.05, 3.63) is 42.5 Å². The number of aromatic nitrogens is 2. The Morgan fingerprint density at radius 2 is 1.95 bits per heavy atom. The van der Waals surface area contributed by atoms with E-state index in [4.69, 9.17) is 0 Å². The van der Waals surface area contributed by atoms with Crippen LogP contribution in [-0.2, 0) is 16.6 Å². The van der Waals surface area contributed by atoms with Gasteiger partial charge in [0.05, 0.1) is 23.5 Å². The summed E-state index contributed by atoms with van der Waals surface area (Å²) in [5, 5.41) is 3.18. The van der Waals surface area contributed by atoms with Gasteiger partial charge in [0, 0.05) is 26.0 Å². The number of sulfonamides is 1. The third-order valence-corrected chi connectivity index (χ3v) is 4.50. The molecule has 0 spiro atoms. The summed E-state index contributed by atoms with van der Waals surface area (Å²) in [5.74, 6) is 0. The molecule has 0 saturated carbocycles. The van der Waals surface area contributed by atoms with Crippen molar-refractivity contribution >= 4 is 15.7 Å². The van der Waals surface area contributed by atoms with Gasteiger partial charge in [0.25, 0.3) is 0 Å². The second-order valence-corrected chi connectivity index (χ2v) is 6.39. The Morgan fingerprint density at radius 1 is 1.26 bits per heavy atom. The largest absolute Gasteiger partial charge is 0.379 e. The predicted molar refractivity (Wildman–Crippen MR) is 73.2 cm³/mol. The normalized spacial score (nSPS) is 11.7. The number of benzene rings is 1. The van der Waals surface area contributed by atoms with E-state index in [0.29, 0.717) is 6.54 Å². The van der Waals surface area contributed by atoms with Gasteiger partial charge in [-0.3, -0.25) is 0 Å². The van der Waals surface area contributed by atoms with E-state index >= 15 is 0 Å². The van der Waals surface area contributed by atoms with Crippen molar-refractivity contribution in [1.82, 2.24) is 14.3 Å². The molecule has 102 valence electrons. The molecule has 0 fully saturated rings. The minimum Gasteiger partial charge on any atom is -0.379 e. The molecule has 0 aliphatic carbocycles. The predicted octanol–water partition coefficient (Wildman–Crippen LogP) is 1.27. The van der Waals surface area contributed by atoms with Crippen molar-refractivity contribution in [3.63, 3.8) is 0 Å². The Balaban J connectivity index is 2.07. The highest BCUT2D eigenvalue weighted by Gasteiger charge is 2.16. The van der Waals surface area contributed by atoms with Gasteiger partial charge < -0.3 is 10.3 Å². The van der Waals surface area contributed by atoms with Gasteiger partial charge in [-0.2, -0.15) is 0 Å². The number of nitrogens with one attached hydrogen (secondary N) is 2. The zero-order valence-electron chi connectivity index (χ0n) is 10.8. The lowest BCUT2D eigenvalue weighted by Crippen LogP contribution is -2.22. The standard InChI is InChI=1S/C12H16N4O2S/c1-16(2)19(17,18)12-5-3-10(4-6-12)14-8-11-7-13-9-15-11/h3-7,9,14H,8H2,1-2H3,(H,13,15). The minimum absolute atomic E-state index is 0.282. The fourth-order valence-corrected chi connectivity index (χ4v) is 2.44. The van der Waals surface area contributed by atoms with E-state index in [2.05, 4.69) is 15.3 Å². The summed E-state index contributed by atoms with van der Waals surface area (Å²) in [4.78, 5) is 7.18. The summed E-state index contributed by atoms with van der Waals surface area (Å²) < 4.78 is 25.0. The van der Waals surface area contributed by atoms with Gasteiger partial charge in [-0.05, 0) is 24.3 Å². The molecule has 6 nitrogen and oxygen atoms in total. The zero-order valence-corrected chi connectivity index (χ0v) is 11.6. The molecule has 2 aromatic rings. The first-order valence-electron chi connectivity index (χ1n) is 5.74. The molecule has 0 radical (unpaired) electrons. The van der Waals surface area contributed by atoms with Crippen LogP contribution in [0.25, 0.3) is 0 Å². The Morgan fingerprint density at radius 3 is 2.47 bits per heavy atom. The highest BCUT2D eigenvalue weighted by Crippen LogP contribution is 2.16. The van der Waals surface area contributed by atoms with Crippen LogP contribution in [0.5, 0.6) is 0 Å². The topological polar surface area (TPSA) is 78.1 Å². The lowest BCUT2D eigenvalue weighted by atomic mass is 10.3. The van der Waals surface area contributed by atoms with Gasteiger partial charge >= 0.3 is 0 Å². The van der Waals surface area contributed by atoms with Gasteiger partial charge in [-0.1, -0.05) is 0 Å². The van der Waals surface area contributed by atoms with E-state index < -0.39 is 10.0 Å². The van der Waals surface area contributed by atoms with Crippen LogP contribution in [0.15, 0.2) is 41.7 Å². The third-order valence-electron chi connectivity index (χ3n) is 2.67. The van der Waals surface area contributed by atoms with Gasteiger partial charge in [-0.15, -0.1) is 0 Å². The maximum absolute atomic E-state index is 11.9. The first kappa shape index (κ1) is 13.6. The van der Waals surface area contributed by atoms with Crippen molar-refractivity contribution in [2.24, 2.45) is 0 Å². The molecule has 19 heavy (non-hydrogen) atoms. The summed E-state index contributed by atoms with van der Waals surface area (Å²) in [6, 6.07) is 6.66. The van der Waals surface area contributed by atoms with Crippen molar-refractivity contribution in [2.45, 2.75) is 11.4 Å². The van der Waals surface area contributed by atoms with Crippen LogP contribution in [0, 0.1) is 0 Å². The molecular weight excluding hydrogens is 264 g/mol. The fourth-order valence-electron chi connectivity index (χ4n) is 1.53.